The van der Waals surface area contributed by atoms with Crippen LogP contribution in [0.15, 0.2) is 34.2 Å². The number of nitrogens with zero attached hydrogens (tertiary/aromatic N) is 3. The number of amides is 1. The van der Waals surface area contributed by atoms with Gasteiger partial charge in [0.15, 0.2) is 5.16 Å². The van der Waals surface area contributed by atoms with Gasteiger partial charge in [0.25, 0.3) is 5.56 Å². The fourth-order valence-corrected chi connectivity index (χ4v) is 2.90. The van der Waals surface area contributed by atoms with Gasteiger partial charge in [-0.3, -0.25) is 14.2 Å². The van der Waals surface area contributed by atoms with Gasteiger partial charge in [0.05, 0.1) is 16.2 Å². The molecule has 0 bridgehead atoms. The minimum absolute atomic E-state index is 0.00240. The van der Waals surface area contributed by atoms with E-state index < -0.39 is 0 Å². The predicted octanol–water partition coefficient (Wildman–Crippen LogP) is 1.50. The van der Waals surface area contributed by atoms with Crippen molar-refractivity contribution in [3.63, 3.8) is 0 Å². The highest BCUT2D eigenvalue weighted by atomic mass is 32.2. The number of para-hydroxylation sites is 1. The van der Waals surface area contributed by atoms with Gasteiger partial charge in [-0.2, -0.15) is 0 Å². The Morgan fingerprint density at radius 1 is 1.35 bits per heavy atom. The van der Waals surface area contributed by atoms with Gasteiger partial charge in [-0.1, -0.05) is 23.9 Å². The Kier molecular flexibility index (Phi) is 4.13. The Morgan fingerprint density at radius 3 is 2.65 bits per heavy atom. The van der Waals surface area contributed by atoms with Crippen molar-refractivity contribution in [1.82, 2.24) is 14.5 Å². The molecule has 106 valence electrons. The van der Waals surface area contributed by atoms with Gasteiger partial charge >= 0.3 is 0 Å². The first-order valence-corrected chi connectivity index (χ1v) is 7.13. The van der Waals surface area contributed by atoms with E-state index in [4.69, 9.17) is 0 Å². The molecule has 2 rings (SSSR count). The third kappa shape index (κ3) is 2.70. The standard InChI is InChI=1S/C14H17N3O2S/c1-9(12(18)16(2)3)20-14-15-11-8-6-5-7-10(11)13(19)17(14)4/h5-9H,1-4H3. The van der Waals surface area contributed by atoms with Gasteiger partial charge in [-0.05, 0) is 19.1 Å². The third-order valence-corrected chi connectivity index (χ3v) is 4.14. The van der Waals surface area contributed by atoms with E-state index in [0.717, 1.165) is 0 Å². The van der Waals surface area contributed by atoms with Crippen LogP contribution in [-0.2, 0) is 11.8 Å². The number of fused-ring (bicyclic) bond motifs is 1. The van der Waals surface area contributed by atoms with Gasteiger partial charge in [0, 0.05) is 21.1 Å². The van der Waals surface area contributed by atoms with Crippen molar-refractivity contribution in [1.29, 1.82) is 0 Å². The van der Waals surface area contributed by atoms with Crippen molar-refractivity contribution < 1.29 is 4.79 Å². The molecule has 5 nitrogen and oxygen atoms in total. The molecule has 0 saturated heterocycles. The zero-order chi connectivity index (χ0) is 14.9. The topological polar surface area (TPSA) is 55.2 Å². The van der Waals surface area contributed by atoms with Crippen molar-refractivity contribution in [2.24, 2.45) is 7.05 Å². The Morgan fingerprint density at radius 2 is 2.00 bits per heavy atom. The van der Waals surface area contributed by atoms with Crippen molar-refractivity contribution >= 4 is 28.6 Å². The molecule has 1 unspecified atom stereocenters. The summed E-state index contributed by atoms with van der Waals surface area (Å²) in [5.74, 6) is -0.00240. The van der Waals surface area contributed by atoms with E-state index in [0.29, 0.717) is 16.1 Å². The normalized spacial score (nSPS) is 12.4. The maximum Gasteiger partial charge on any atom is 0.261 e. The number of benzene rings is 1. The van der Waals surface area contributed by atoms with E-state index in [1.165, 1.54) is 21.2 Å². The summed E-state index contributed by atoms with van der Waals surface area (Å²) in [6.45, 7) is 1.81. The van der Waals surface area contributed by atoms with Crippen molar-refractivity contribution in [3.8, 4) is 0 Å². The van der Waals surface area contributed by atoms with Crippen LogP contribution < -0.4 is 5.56 Å². The second kappa shape index (κ2) is 5.66. The Hall–Kier alpha value is -1.82. The lowest BCUT2D eigenvalue weighted by atomic mass is 10.2. The van der Waals surface area contributed by atoms with Gasteiger partial charge in [0.1, 0.15) is 0 Å². The van der Waals surface area contributed by atoms with Crippen molar-refractivity contribution in [2.75, 3.05) is 14.1 Å². The van der Waals surface area contributed by atoms with Crippen LogP contribution in [0.1, 0.15) is 6.92 Å². The summed E-state index contributed by atoms with van der Waals surface area (Å²) >= 11 is 1.30. The van der Waals surface area contributed by atoms with E-state index in [9.17, 15) is 9.59 Å². The van der Waals surface area contributed by atoms with Gasteiger partial charge in [0.2, 0.25) is 5.91 Å². The molecular formula is C14H17N3O2S. The van der Waals surface area contributed by atoms with Crippen LogP contribution in [0.2, 0.25) is 0 Å². The Bertz CT molecular complexity index is 709. The number of thioether (sulfide) groups is 1. The number of hydrogen-bond acceptors (Lipinski definition) is 4. The molecule has 0 spiro atoms. The summed E-state index contributed by atoms with van der Waals surface area (Å²) < 4.78 is 1.49. The molecule has 0 aliphatic rings. The fourth-order valence-electron chi connectivity index (χ4n) is 1.88. The third-order valence-electron chi connectivity index (χ3n) is 3.01. The molecule has 2 aromatic rings. The molecule has 0 radical (unpaired) electrons. The summed E-state index contributed by atoms with van der Waals surface area (Å²) in [4.78, 5) is 30.2. The molecule has 0 fully saturated rings. The second-order valence-corrected chi connectivity index (χ2v) is 6.08. The molecule has 6 heteroatoms. The number of carbonyl (C=O) groups is 1. The molecule has 1 amide bonds. The van der Waals surface area contributed by atoms with E-state index in [-0.39, 0.29) is 16.7 Å². The quantitative estimate of drug-likeness (QED) is 0.635. The zero-order valence-corrected chi connectivity index (χ0v) is 12.8. The summed E-state index contributed by atoms with van der Waals surface area (Å²) in [6, 6.07) is 7.22. The fraction of sp³-hybridized carbons (Fsp3) is 0.357. The minimum Gasteiger partial charge on any atom is -0.348 e. The first-order chi connectivity index (χ1) is 9.41. The minimum atomic E-state index is -0.288. The van der Waals surface area contributed by atoms with Gasteiger partial charge in [-0.25, -0.2) is 4.98 Å². The highest BCUT2D eigenvalue weighted by Gasteiger charge is 2.19. The van der Waals surface area contributed by atoms with Crippen LogP contribution in [0.4, 0.5) is 0 Å². The highest BCUT2D eigenvalue weighted by Crippen LogP contribution is 2.22. The molecule has 1 heterocycles. The average Bonchev–Trinajstić information content (AvgIpc) is 2.43. The predicted molar refractivity (Wildman–Crippen MR) is 81.0 cm³/mol. The summed E-state index contributed by atoms with van der Waals surface area (Å²) in [6.07, 6.45) is 0. The first-order valence-electron chi connectivity index (χ1n) is 6.25. The monoisotopic (exact) mass is 291 g/mol. The van der Waals surface area contributed by atoms with Crippen LogP contribution in [0, 0.1) is 0 Å². The lowest BCUT2D eigenvalue weighted by Gasteiger charge is -2.17. The largest absolute Gasteiger partial charge is 0.348 e. The number of aromatic nitrogens is 2. The summed E-state index contributed by atoms with van der Waals surface area (Å²) in [5, 5.41) is 0.853. The summed E-state index contributed by atoms with van der Waals surface area (Å²) in [5.41, 5.74) is 0.560. The van der Waals surface area contributed by atoms with Crippen LogP contribution >= 0.6 is 11.8 Å². The SMILES string of the molecule is CC(Sc1nc2ccccc2c(=O)n1C)C(=O)N(C)C. The number of rotatable bonds is 3. The van der Waals surface area contributed by atoms with E-state index in [2.05, 4.69) is 4.98 Å². The highest BCUT2D eigenvalue weighted by molar-refractivity contribution is 8.00. The number of hydrogen-bond donors (Lipinski definition) is 0. The maximum atomic E-state index is 12.2. The second-order valence-electron chi connectivity index (χ2n) is 4.77. The molecule has 0 N–H and O–H groups in total. The summed E-state index contributed by atoms with van der Waals surface area (Å²) in [7, 11) is 5.11. The van der Waals surface area contributed by atoms with Crippen LogP contribution in [-0.4, -0.2) is 39.7 Å². The molecule has 0 aliphatic heterocycles. The Labute approximate surface area is 121 Å². The number of carbonyl (C=O) groups excluding carboxylic acids is 1. The molecule has 0 saturated carbocycles. The van der Waals surface area contributed by atoms with Crippen LogP contribution in [0.3, 0.4) is 0 Å². The van der Waals surface area contributed by atoms with E-state index in [1.54, 1.807) is 33.3 Å². The maximum absolute atomic E-state index is 12.2. The lowest BCUT2D eigenvalue weighted by Crippen LogP contribution is -2.30. The van der Waals surface area contributed by atoms with Gasteiger partial charge in [-0.15, -0.1) is 0 Å². The molecule has 1 atom stereocenters. The average molecular weight is 291 g/mol. The molecule has 1 aromatic carbocycles. The van der Waals surface area contributed by atoms with Crippen LogP contribution in [0.5, 0.6) is 0 Å². The smallest absolute Gasteiger partial charge is 0.261 e. The van der Waals surface area contributed by atoms with Crippen LogP contribution in [0.25, 0.3) is 10.9 Å². The lowest BCUT2D eigenvalue weighted by molar-refractivity contribution is -0.127. The molecule has 0 aliphatic carbocycles. The van der Waals surface area contributed by atoms with E-state index in [1.807, 2.05) is 19.1 Å². The molecular weight excluding hydrogens is 274 g/mol. The first kappa shape index (κ1) is 14.6. The van der Waals surface area contributed by atoms with Gasteiger partial charge < -0.3 is 4.90 Å². The molecule has 1 aromatic heterocycles. The molecule has 20 heavy (non-hydrogen) atoms. The van der Waals surface area contributed by atoms with E-state index >= 15 is 0 Å². The van der Waals surface area contributed by atoms with Crippen molar-refractivity contribution in [2.45, 2.75) is 17.3 Å². The zero-order valence-electron chi connectivity index (χ0n) is 12.0. The Balaban J connectivity index is 2.43. The van der Waals surface area contributed by atoms with Crippen molar-refractivity contribution in [3.05, 3.63) is 34.6 Å².